The summed E-state index contributed by atoms with van der Waals surface area (Å²) in [5.74, 6) is 0.0180. The average molecular weight is 170 g/mol. The number of nitrogens with zero attached hydrogens (tertiary/aromatic N) is 1. The van der Waals surface area contributed by atoms with Gasteiger partial charge in [-0.1, -0.05) is 5.16 Å². The van der Waals surface area contributed by atoms with E-state index in [1.165, 1.54) is 6.92 Å². The minimum absolute atomic E-state index is 0.0180. The highest BCUT2D eigenvalue weighted by Gasteiger charge is 2.17. The van der Waals surface area contributed by atoms with Crippen LogP contribution in [0.3, 0.4) is 0 Å². The van der Waals surface area contributed by atoms with E-state index in [0.29, 0.717) is 0 Å². The molecule has 0 saturated heterocycles. The van der Waals surface area contributed by atoms with E-state index in [-0.39, 0.29) is 11.9 Å². The fraction of sp³-hybridized carbons (Fsp3) is 0.750. The molecule has 0 aromatic heterocycles. The molecule has 0 unspecified atom stereocenters. The van der Waals surface area contributed by atoms with E-state index in [1.54, 1.807) is 0 Å². The zero-order valence-corrected chi connectivity index (χ0v) is 7.21. The average Bonchev–Trinajstić information content (AvgIpc) is 2.05. The minimum atomic E-state index is 0.0180. The topological polar surface area (TPSA) is 61.7 Å². The lowest BCUT2D eigenvalue weighted by molar-refractivity contribution is -0.119. The fourth-order valence-corrected chi connectivity index (χ4v) is 1.48. The van der Waals surface area contributed by atoms with Gasteiger partial charge in [-0.3, -0.25) is 4.79 Å². The van der Waals surface area contributed by atoms with Crippen molar-refractivity contribution in [3.05, 3.63) is 0 Å². The molecule has 0 aromatic rings. The molecule has 4 nitrogen and oxygen atoms in total. The van der Waals surface area contributed by atoms with Gasteiger partial charge in [-0.15, -0.1) is 0 Å². The van der Waals surface area contributed by atoms with E-state index in [4.69, 9.17) is 5.21 Å². The molecule has 0 radical (unpaired) electrons. The maximum Gasteiger partial charge on any atom is 0.217 e. The first kappa shape index (κ1) is 9.03. The summed E-state index contributed by atoms with van der Waals surface area (Å²) in [6.45, 7) is 1.52. The normalized spacial score (nSPS) is 23.4. The molecular weight excluding hydrogens is 156 g/mol. The van der Waals surface area contributed by atoms with Crippen molar-refractivity contribution in [2.24, 2.45) is 5.16 Å². The van der Waals surface area contributed by atoms with Crippen molar-refractivity contribution < 1.29 is 10.0 Å². The first-order valence-electron chi connectivity index (χ1n) is 4.19. The van der Waals surface area contributed by atoms with Gasteiger partial charge in [-0.05, 0) is 25.7 Å². The van der Waals surface area contributed by atoms with Crippen molar-refractivity contribution in [1.29, 1.82) is 0 Å². The van der Waals surface area contributed by atoms with Crippen LogP contribution in [0.15, 0.2) is 5.16 Å². The van der Waals surface area contributed by atoms with Gasteiger partial charge in [0, 0.05) is 13.0 Å². The van der Waals surface area contributed by atoms with Crippen LogP contribution >= 0.6 is 0 Å². The Morgan fingerprint density at radius 3 is 2.58 bits per heavy atom. The molecule has 1 aliphatic rings. The van der Waals surface area contributed by atoms with E-state index in [9.17, 15) is 4.79 Å². The van der Waals surface area contributed by atoms with Gasteiger partial charge < -0.3 is 10.5 Å². The van der Waals surface area contributed by atoms with Gasteiger partial charge in [0.05, 0.1) is 5.71 Å². The van der Waals surface area contributed by atoms with E-state index in [0.717, 1.165) is 31.4 Å². The van der Waals surface area contributed by atoms with Crippen molar-refractivity contribution >= 4 is 11.6 Å². The number of oxime groups is 1. The van der Waals surface area contributed by atoms with Gasteiger partial charge in [0.1, 0.15) is 0 Å². The van der Waals surface area contributed by atoms with E-state index >= 15 is 0 Å². The highest BCUT2D eigenvalue weighted by Crippen LogP contribution is 2.15. The van der Waals surface area contributed by atoms with Crippen LogP contribution in [0.5, 0.6) is 0 Å². The van der Waals surface area contributed by atoms with Gasteiger partial charge >= 0.3 is 0 Å². The molecule has 0 aromatic carbocycles. The van der Waals surface area contributed by atoms with Crippen molar-refractivity contribution in [2.45, 2.75) is 38.6 Å². The van der Waals surface area contributed by atoms with Crippen molar-refractivity contribution in [3.8, 4) is 0 Å². The molecule has 1 fully saturated rings. The van der Waals surface area contributed by atoms with Crippen LogP contribution in [0.2, 0.25) is 0 Å². The van der Waals surface area contributed by atoms with Crippen molar-refractivity contribution in [2.75, 3.05) is 0 Å². The van der Waals surface area contributed by atoms with Gasteiger partial charge in [0.25, 0.3) is 0 Å². The van der Waals surface area contributed by atoms with Crippen LogP contribution in [0.1, 0.15) is 32.6 Å². The standard InChI is InChI=1S/C8H14N2O2/c1-6(11)9-7-2-4-8(10-12)5-3-7/h7,12H,2-5H2,1H3,(H,9,11). The number of hydrogen-bond acceptors (Lipinski definition) is 3. The van der Waals surface area contributed by atoms with Crippen LogP contribution in [-0.2, 0) is 4.79 Å². The summed E-state index contributed by atoms with van der Waals surface area (Å²) in [5, 5.41) is 14.5. The van der Waals surface area contributed by atoms with Crippen LogP contribution in [-0.4, -0.2) is 22.9 Å². The zero-order chi connectivity index (χ0) is 8.97. The lowest BCUT2D eigenvalue weighted by Crippen LogP contribution is -2.36. The van der Waals surface area contributed by atoms with Gasteiger partial charge in [-0.2, -0.15) is 0 Å². The summed E-state index contributed by atoms with van der Waals surface area (Å²) in [6, 6.07) is 0.271. The largest absolute Gasteiger partial charge is 0.411 e. The number of hydrogen-bond donors (Lipinski definition) is 2. The third-order valence-electron chi connectivity index (χ3n) is 2.11. The quantitative estimate of drug-likeness (QED) is 0.453. The SMILES string of the molecule is CC(=O)NC1CCC(=NO)CC1. The highest BCUT2D eigenvalue weighted by molar-refractivity contribution is 5.85. The molecule has 1 amide bonds. The molecule has 68 valence electrons. The summed E-state index contributed by atoms with van der Waals surface area (Å²) in [4.78, 5) is 10.7. The van der Waals surface area contributed by atoms with Crippen LogP contribution in [0.25, 0.3) is 0 Å². The number of rotatable bonds is 1. The predicted octanol–water partition coefficient (Wildman–Crippen LogP) is 0.895. The fourth-order valence-electron chi connectivity index (χ4n) is 1.48. The number of nitrogens with one attached hydrogen (secondary N) is 1. The van der Waals surface area contributed by atoms with Crippen molar-refractivity contribution in [3.63, 3.8) is 0 Å². The Morgan fingerprint density at radius 1 is 1.58 bits per heavy atom. The first-order valence-corrected chi connectivity index (χ1v) is 4.19. The summed E-state index contributed by atoms with van der Waals surface area (Å²) in [6.07, 6.45) is 3.36. The van der Waals surface area contributed by atoms with E-state index in [2.05, 4.69) is 10.5 Å². The second-order valence-corrected chi connectivity index (χ2v) is 3.14. The maximum atomic E-state index is 10.7. The van der Waals surface area contributed by atoms with Crippen LogP contribution in [0, 0.1) is 0 Å². The van der Waals surface area contributed by atoms with E-state index in [1.807, 2.05) is 0 Å². The second-order valence-electron chi connectivity index (χ2n) is 3.14. The number of carbonyl (C=O) groups is 1. The molecule has 0 bridgehead atoms. The zero-order valence-electron chi connectivity index (χ0n) is 7.21. The van der Waals surface area contributed by atoms with Gasteiger partial charge in [0.2, 0.25) is 5.91 Å². The van der Waals surface area contributed by atoms with Crippen LogP contribution < -0.4 is 5.32 Å². The third-order valence-corrected chi connectivity index (χ3v) is 2.11. The van der Waals surface area contributed by atoms with Gasteiger partial charge in [-0.25, -0.2) is 0 Å². The molecular formula is C8H14N2O2. The Hall–Kier alpha value is -1.06. The Labute approximate surface area is 71.6 Å². The third kappa shape index (κ3) is 2.53. The summed E-state index contributed by atoms with van der Waals surface area (Å²) >= 11 is 0. The summed E-state index contributed by atoms with van der Waals surface area (Å²) in [5.41, 5.74) is 0.844. The molecule has 12 heavy (non-hydrogen) atoms. The molecule has 4 heteroatoms. The molecule has 1 aliphatic carbocycles. The summed E-state index contributed by atoms with van der Waals surface area (Å²) < 4.78 is 0. The lowest BCUT2D eigenvalue weighted by atomic mass is 9.94. The molecule has 0 heterocycles. The lowest BCUT2D eigenvalue weighted by Gasteiger charge is -2.22. The van der Waals surface area contributed by atoms with E-state index < -0.39 is 0 Å². The van der Waals surface area contributed by atoms with Crippen molar-refractivity contribution in [1.82, 2.24) is 5.32 Å². The molecule has 1 rings (SSSR count). The molecule has 0 atom stereocenters. The number of amides is 1. The maximum absolute atomic E-state index is 10.7. The first-order chi connectivity index (χ1) is 5.72. The Bertz CT molecular complexity index is 191. The number of carbonyl (C=O) groups excluding carboxylic acids is 1. The Balaban J connectivity index is 2.31. The minimum Gasteiger partial charge on any atom is -0.411 e. The smallest absolute Gasteiger partial charge is 0.217 e. The molecule has 2 N–H and O–H groups in total. The van der Waals surface area contributed by atoms with Gasteiger partial charge in [0.15, 0.2) is 0 Å². The molecule has 0 spiro atoms. The second kappa shape index (κ2) is 4.09. The Morgan fingerprint density at radius 2 is 2.17 bits per heavy atom. The summed E-state index contributed by atoms with van der Waals surface area (Å²) in [7, 11) is 0. The monoisotopic (exact) mass is 170 g/mol. The Kier molecular flexibility index (Phi) is 3.08. The highest BCUT2D eigenvalue weighted by atomic mass is 16.4. The molecule has 1 saturated carbocycles. The molecule has 0 aliphatic heterocycles. The van der Waals surface area contributed by atoms with Crippen LogP contribution in [0.4, 0.5) is 0 Å². The predicted molar refractivity (Wildman–Crippen MR) is 45.3 cm³/mol.